The topological polar surface area (TPSA) is 112 Å². The van der Waals surface area contributed by atoms with E-state index in [1.165, 1.54) is 6.33 Å². The van der Waals surface area contributed by atoms with Crippen molar-refractivity contribution in [2.45, 2.75) is 18.9 Å². The minimum absolute atomic E-state index is 0.317. The number of hydrogen-bond acceptors (Lipinski definition) is 7. The molecule has 9 heteroatoms. The lowest BCUT2D eigenvalue weighted by Crippen LogP contribution is -2.36. The van der Waals surface area contributed by atoms with Gasteiger partial charge >= 0.3 is 5.97 Å². The van der Waals surface area contributed by atoms with Crippen LogP contribution in [0.25, 0.3) is 17.0 Å². The monoisotopic (exact) mass is 370 g/mol. The van der Waals surface area contributed by atoms with Gasteiger partial charge in [0.15, 0.2) is 0 Å². The van der Waals surface area contributed by atoms with E-state index in [9.17, 15) is 19.5 Å². The molecule has 2 saturated heterocycles. The van der Waals surface area contributed by atoms with Gasteiger partial charge < -0.3 is 10.0 Å². The molecular weight excluding hydrogens is 356 g/mol. The van der Waals surface area contributed by atoms with E-state index in [1.54, 1.807) is 23.1 Å². The van der Waals surface area contributed by atoms with Gasteiger partial charge in [0.05, 0.1) is 10.4 Å². The largest absolute Gasteiger partial charge is 0.480 e. The molecule has 2 amide bonds. The van der Waals surface area contributed by atoms with Crippen LogP contribution in [0.1, 0.15) is 18.4 Å². The Bertz CT molecular complexity index is 974. The molecule has 2 N–H and O–H groups in total. The number of benzene rings is 1. The molecule has 2 fully saturated rings. The maximum Gasteiger partial charge on any atom is 0.326 e. The number of thioether (sulfide) groups is 1. The molecule has 0 spiro atoms. The van der Waals surface area contributed by atoms with Crippen molar-refractivity contribution >= 4 is 51.7 Å². The summed E-state index contributed by atoms with van der Waals surface area (Å²) in [5.74, 6) is -0.722. The van der Waals surface area contributed by atoms with Crippen LogP contribution in [-0.2, 0) is 9.59 Å². The lowest BCUT2D eigenvalue weighted by molar-refractivity contribution is -0.138. The molecule has 0 saturated carbocycles. The average Bonchev–Trinajstić information content (AvgIpc) is 3.21. The highest BCUT2D eigenvalue weighted by molar-refractivity contribution is 8.18. The summed E-state index contributed by atoms with van der Waals surface area (Å²) in [6.07, 6.45) is 4.40. The second-order valence-electron chi connectivity index (χ2n) is 6.02. The minimum Gasteiger partial charge on any atom is -0.480 e. The molecular formula is C17H14N4O4S. The Morgan fingerprint density at radius 1 is 1.35 bits per heavy atom. The summed E-state index contributed by atoms with van der Waals surface area (Å²) in [5, 5.41) is 12.0. The van der Waals surface area contributed by atoms with E-state index in [2.05, 4.69) is 15.3 Å². The molecule has 0 radical (unpaired) electrons. The zero-order valence-corrected chi connectivity index (χ0v) is 14.3. The van der Waals surface area contributed by atoms with Gasteiger partial charge in [0.1, 0.15) is 18.2 Å². The smallest absolute Gasteiger partial charge is 0.326 e. The fourth-order valence-electron chi connectivity index (χ4n) is 3.23. The van der Waals surface area contributed by atoms with Crippen LogP contribution in [0.4, 0.5) is 10.6 Å². The Morgan fingerprint density at radius 3 is 2.92 bits per heavy atom. The third kappa shape index (κ3) is 2.90. The first-order chi connectivity index (χ1) is 12.5. The first-order valence-corrected chi connectivity index (χ1v) is 8.83. The van der Waals surface area contributed by atoms with Crippen molar-refractivity contribution in [3.63, 3.8) is 0 Å². The number of anilines is 1. The lowest BCUT2D eigenvalue weighted by Gasteiger charge is -2.23. The minimum atomic E-state index is -0.870. The molecule has 26 heavy (non-hydrogen) atoms. The van der Waals surface area contributed by atoms with E-state index in [0.717, 1.165) is 18.2 Å². The van der Waals surface area contributed by atoms with Crippen LogP contribution in [0.5, 0.6) is 0 Å². The number of aromatic nitrogens is 2. The quantitative estimate of drug-likeness (QED) is 0.789. The molecule has 0 unspecified atom stereocenters. The van der Waals surface area contributed by atoms with Crippen molar-refractivity contribution in [1.82, 2.24) is 15.3 Å². The van der Waals surface area contributed by atoms with Gasteiger partial charge in [-0.15, -0.1) is 0 Å². The van der Waals surface area contributed by atoms with Crippen LogP contribution in [0, 0.1) is 0 Å². The highest BCUT2D eigenvalue weighted by atomic mass is 32.2. The van der Waals surface area contributed by atoms with Crippen LogP contribution in [-0.4, -0.2) is 44.8 Å². The average molecular weight is 370 g/mol. The Kier molecular flexibility index (Phi) is 4.08. The zero-order chi connectivity index (χ0) is 18.3. The number of amides is 2. The summed E-state index contributed by atoms with van der Waals surface area (Å²) >= 11 is 0.850. The molecule has 2 aromatic rings. The third-order valence-corrected chi connectivity index (χ3v) is 5.20. The Hall–Kier alpha value is -2.94. The first-order valence-electron chi connectivity index (χ1n) is 8.02. The molecule has 4 rings (SSSR count). The van der Waals surface area contributed by atoms with E-state index in [1.807, 2.05) is 6.07 Å². The first kappa shape index (κ1) is 16.5. The molecule has 132 valence electrons. The highest BCUT2D eigenvalue weighted by Gasteiger charge is 2.32. The Balaban J connectivity index is 1.78. The van der Waals surface area contributed by atoms with Crippen molar-refractivity contribution in [1.29, 1.82) is 0 Å². The number of aliphatic carboxylic acids is 1. The fraction of sp³-hybridized carbons (Fsp3) is 0.235. The van der Waals surface area contributed by atoms with E-state index in [-0.39, 0.29) is 0 Å². The second kappa shape index (κ2) is 6.41. The predicted molar refractivity (Wildman–Crippen MR) is 96.6 cm³/mol. The van der Waals surface area contributed by atoms with E-state index in [0.29, 0.717) is 40.2 Å². The third-order valence-electron chi connectivity index (χ3n) is 4.39. The Labute approximate surface area is 152 Å². The number of carboxylic acid groups (broad SMARTS) is 1. The number of nitrogens with one attached hydrogen (secondary N) is 1. The number of carbonyl (C=O) groups excluding carboxylic acids is 2. The van der Waals surface area contributed by atoms with Gasteiger partial charge in [0, 0.05) is 11.9 Å². The molecule has 2 aliphatic rings. The fourth-order valence-corrected chi connectivity index (χ4v) is 3.91. The van der Waals surface area contributed by atoms with E-state index >= 15 is 0 Å². The number of imide groups is 1. The normalized spacial score (nSPS) is 21.6. The molecule has 2 aliphatic heterocycles. The molecule has 0 bridgehead atoms. The van der Waals surface area contributed by atoms with Crippen LogP contribution in [0.3, 0.4) is 0 Å². The maximum atomic E-state index is 11.7. The number of hydrogen-bond donors (Lipinski definition) is 2. The molecule has 0 aliphatic carbocycles. The zero-order valence-electron chi connectivity index (χ0n) is 13.5. The van der Waals surface area contributed by atoms with Crippen LogP contribution in [0.15, 0.2) is 29.4 Å². The van der Waals surface area contributed by atoms with Gasteiger partial charge in [-0.2, -0.15) is 0 Å². The van der Waals surface area contributed by atoms with Crippen molar-refractivity contribution in [2.24, 2.45) is 0 Å². The summed E-state index contributed by atoms with van der Waals surface area (Å²) in [6.45, 7) is 0.612. The standard InChI is InChI=1S/C17H14N4O4S/c22-15-13(26-17(25)20-15)7-9-3-4-11-10(6-9)14(19-8-18-11)21-5-1-2-12(21)16(23)24/h3-4,6-8,12H,1-2,5H2,(H,23,24)(H,20,22,25)/t12-/m0/s1. The summed E-state index contributed by atoms with van der Waals surface area (Å²) in [5.41, 5.74) is 1.40. The number of carboxylic acids is 1. The van der Waals surface area contributed by atoms with Crippen LogP contribution in [0.2, 0.25) is 0 Å². The van der Waals surface area contributed by atoms with Crippen molar-refractivity contribution in [3.8, 4) is 0 Å². The van der Waals surface area contributed by atoms with Gasteiger partial charge in [-0.3, -0.25) is 14.9 Å². The summed E-state index contributed by atoms with van der Waals surface area (Å²) < 4.78 is 0. The summed E-state index contributed by atoms with van der Waals surface area (Å²) in [4.78, 5) is 45.2. The molecule has 1 aromatic heterocycles. The number of fused-ring (bicyclic) bond motifs is 1. The Morgan fingerprint density at radius 2 is 2.19 bits per heavy atom. The summed E-state index contributed by atoms with van der Waals surface area (Å²) in [7, 11) is 0. The van der Waals surface area contributed by atoms with Gasteiger partial charge in [-0.1, -0.05) is 6.07 Å². The maximum absolute atomic E-state index is 11.7. The number of rotatable bonds is 3. The van der Waals surface area contributed by atoms with Gasteiger partial charge in [-0.05, 0) is 48.4 Å². The van der Waals surface area contributed by atoms with Crippen LogP contribution >= 0.6 is 11.8 Å². The van der Waals surface area contributed by atoms with Gasteiger partial charge in [0.25, 0.3) is 11.1 Å². The van der Waals surface area contributed by atoms with Crippen molar-refractivity contribution in [2.75, 3.05) is 11.4 Å². The van der Waals surface area contributed by atoms with Gasteiger partial charge in [-0.25, -0.2) is 14.8 Å². The van der Waals surface area contributed by atoms with Crippen molar-refractivity contribution in [3.05, 3.63) is 35.0 Å². The van der Waals surface area contributed by atoms with E-state index in [4.69, 9.17) is 0 Å². The summed E-state index contributed by atoms with van der Waals surface area (Å²) in [6, 6.07) is 4.79. The lowest BCUT2D eigenvalue weighted by atomic mass is 10.1. The number of carbonyl (C=O) groups is 3. The SMILES string of the molecule is O=C1NC(=O)C(=Cc2ccc3ncnc(N4CCC[C@H]4C(=O)O)c3c2)S1. The molecule has 8 nitrogen and oxygen atoms in total. The highest BCUT2D eigenvalue weighted by Crippen LogP contribution is 2.32. The molecule has 3 heterocycles. The van der Waals surface area contributed by atoms with Gasteiger partial charge in [0.2, 0.25) is 0 Å². The molecule has 1 atom stereocenters. The second-order valence-corrected chi connectivity index (χ2v) is 7.03. The molecule has 1 aromatic carbocycles. The number of nitrogens with zero attached hydrogens (tertiary/aromatic N) is 3. The van der Waals surface area contributed by atoms with Crippen molar-refractivity contribution < 1.29 is 19.5 Å². The van der Waals surface area contributed by atoms with E-state index < -0.39 is 23.2 Å². The van der Waals surface area contributed by atoms with Crippen LogP contribution < -0.4 is 10.2 Å². The predicted octanol–water partition coefficient (Wildman–Crippen LogP) is 2.01.